The van der Waals surface area contributed by atoms with Gasteiger partial charge in [0.25, 0.3) is 10.0 Å². The van der Waals surface area contributed by atoms with Gasteiger partial charge in [0, 0.05) is 53.0 Å². The third-order valence-electron chi connectivity index (χ3n) is 13.0. The monoisotopic (exact) mass is 947 g/mol. The molecule has 3 aromatic carbocycles. The SMILES string of the molecule is CN(C)CC[C@H](CSc1ccccc1)Nc1ccc(S(=O)(=O)Nc2ncnc3c2CCN(C2CCN(CC4=C(c5ccc(Cl)cc5)CC(C)(C)CC4)CC2)C3)cc1S(=O)(=O)C(C)(C)C. The Hall–Kier alpha value is -3.50. The van der Waals surface area contributed by atoms with Gasteiger partial charge in [0.15, 0.2) is 9.84 Å². The molecule has 3 aliphatic rings. The van der Waals surface area contributed by atoms with Crippen molar-refractivity contribution < 1.29 is 16.8 Å². The van der Waals surface area contributed by atoms with Crippen LogP contribution in [0, 0.1) is 5.41 Å². The van der Waals surface area contributed by atoms with E-state index in [1.54, 1.807) is 44.2 Å². The summed E-state index contributed by atoms with van der Waals surface area (Å²) in [4.78, 5) is 17.2. The molecule has 64 heavy (non-hydrogen) atoms. The van der Waals surface area contributed by atoms with Crippen molar-refractivity contribution in [3.8, 4) is 0 Å². The van der Waals surface area contributed by atoms with E-state index in [2.05, 4.69) is 72.8 Å². The van der Waals surface area contributed by atoms with Crippen molar-refractivity contribution in [1.29, 1.82) is 0 Å². The van der Waals surface area contributed by atoms with E-state index in [1.807, 2.05) is 44.4 Å². The smallest absolute Gasteiger partial charge is 0.263 e. The van der Waals surface area contributed by atoms with Gasteiger partial charge >= 0.3 is 0 Å². The van der Waals surface area contributed by atoms with Crippen molar-refractivity contribution in [3.05, 3.63) is 107 Å². The zero-order valence-corrected chi connectivity index (χ0v) is 41.7. The summed E-state index contributed by atoms with van der Waals surface area (Å²) in [7, 11) is -4.21. The first-order chi connectivity index (χ1) is 30.3. The second-order valence-electron chi connectivity index (χ2n) is 19.7. The lowest BCUT2D eigenvalue weighted by atomic mass is 9.72. The van der Waals surface area contributed by atoms with Gasteiger partial charge in [0.1, 0.15) is 12.1 Å². The summed E-state index contributed by atoms with van der Waals surface area (Å²) in [6.45, 7) is 14.9. The molecular weight excluding hydrogens is 882 g/mol. The van der Waals surface area contributed by atoms with Crippen LogP contribution in [0.4, 0.5) is 11.5 Å². The number of nitrogens with one attached hydrogen (secondary N) is 2. The molecular formula is C49H66ClN7O4S3. The summed E-state index contributed by atoms with van der Waals surface area (Å²) in [5.74, 6) is 0.928. The Kier molecular flexibility index (Phi) is 15.3. The zero-order chi connectivity index (χ0) is 45.9. The molecule has 15 heteroatoms. The maximum Gasteiger partial charge on any atom is 0.263 e. The molecule has 0 radical (unpaired) electrons. The van der Waals surface area contributed by atoms with Crippen LogP contribution in [0.2, 0.25) is 5.02 Å². The first-order valence-corrected chi connectivity index (χ1v) is 26.9. The highest BCUT2D eigenvalue weighted by atomic mass is 35.5. The normalized spacial score (nSPS) is 18.5. The minimum Gasteiger partial charge on any atom is -0.380 e. The number of anilines is 2. The molecule has 1 aliphatic carbocycles. The third-order valence-corrected chi connectivity index (χ3v) is 18.3. The Bertz CT molecular complexity index is 2500. The molecule has 7 rings (SSSR count). The summed E-state index contributed by atoms with van der Waals surface area (Å²) in [5.41, 5.74) is 6.58. The predicted octanol–water partition coefficient (Wildman–Crippen LogP) is 9.51. The van der Waals surface area contributed by atoms with Crippen LogP contribution in [0.15, 0.2) is 99.4 Å². The van der Waals surface area contributed by atoms with Crippen LogP contribution in [0.1, 0.15) is 90.0 Å². The van der Waals surface area contributed by atoms with Crippen LogP contribution < -0.4 is 10.0 Å². The zero-order valence-electron chi connectivity index (χ0n) is 38.5. The van der Waals surface area contributed by atoms with E-state index in [-0.39, 0.29) is 27.1 Å². The lowest BCUT2D eigenvalue weighted by Gasteiger charge is -2.41. The van der Waals surface area contributed by atoms with Crippen molar-refractivity contribution in [1.82, 2.24) is 24.7 Å². The quantitative estimate of drug-likeness (QED) is 0.104. The molecule has 0 bridgehead atoms. The van der Waals surface area contributed by atoms with Crippen LogP contribution >= 0.6 is 23.4 Å². The van der Waals surface area contributed by atoms with Crippen molar-refractivity contribution in [2.24, 2.45) is 5.41 Å². The van der Waals surface area contributed by atoms with Gasteiger partial charge in [-0.2, -0.15) is 0 Å². The fourth-order valence-electron chi connectivity index (χ4n) is 9.02. The lowest BCUT2D eigenvalue weighted by Crippen LogP contribution is -2.47. The number of fused-ring (bicyclic) bond motifs is 1. The lowest BCUT2D eigenvalue weighted by molar-refractivity contribution is 0.100. The maximum atomic E-state index is 14.2. The summed E-state index contributed by atoms with van der Waals surface area (Å²) in [6, 6.07) is 23.1. The van der Waals surface area contributed by atoms with Gasteiger partial charge in [-0.15, -0.1) is 11.8 Å². The minimum absolute atomic E-state index is 0.0461. The Balaban J connectivity index is 1.04. The van der Waals surface area contributed by atoms with E-state index in [4.69, 9.17) is 11.6 Å². The molecule has 2 N–H and O–H groups in total. The number of sulfone groups is 1. The van der Waals surface area contributed by atoms with Gasteiger partial charge in [0.2, 0.25) is 0 Å². The molecule has 1 atom stereocenters. The second-order valence-corrected chi connectivity index (χ2v) is 25.6. The Labute approximate surface area is 391 Å². The highest BCUT2D eigenvalue weighted by Crippen LogP contribution is 2.44. The maximum absolute atomic E-state index is 14.2. The first-order valence-electron chi connectivity index (χ1n) is 22.5. The van der Waals surface area contributed by atoms with E-state index >= 15 is 0 Å². The Morgan fingerprint density at radius 1 is 0.938 bits per heavy atom. The summed E-state index contributed by atoms with van der Waals surface area (Å²) < 4.78 is 58.3. The van der Waals surface area contributed by atoms with Crippen LogP contribution in [0.3, 0.4) is 0 Å². The van der Waals surface area contributed by atoms with Crippen LogP contribution in [0.5, 0.6) is 0 Å². The second kappa shape index (κ2) is 20.2. The van der Waals surface area contributed by atoms with Gasteiger partial charge in [-0.3, -0.25) is 14.5 Å². The average Bonchev–Trinajstić information content (AvgIpc) is 3.25. The standard InChI is InChI=1S/C49H66ClN7O4S3/c1-48(2,3)63(58,59)46-29-41(17-18-44(46)53-38(20-25-55(6)7)33-62-40-11-9-8-10-12-40)64(60,61)54-47-42-23-28-57(32-45(42)51-34-52-47)39-21-26-56(27-22-39)31-36-19-24-49(4,5)30-43(36)35-13-15-37(50)16-14-35/h8-18,29,34,38-39,53H,19-28,30-33H2,1-7H3,(H,51,52,54)/t38-/m1/s1. The van der Waals surface area contributed by atoms with E-state index in [1.165, 1.54) is 36.0 Å². The Morgan fingerprint density at radius 2 is 1.66 bits per heavy atom. The molecule has 2 aliphatic heterocycles. The number of hydrogen-bond acceptors (Lipinski definition) is 11. The van der Waals surface area contributed by atoms with E-state index < -0.39 is 24.6 Å². The van der Waals surface area contributed by atoms with Crippen molar-refractivity contribution in [3.63, 3.8) is 0 Å². The van der Waals surface area contributed by atoms with Crippen molar-refractivity contribution in [2.75, 3.05) is 62.6 Å². The number of sulfonamides is 1. The van der Waals surface area contributed by atoms with Crippen molar-refractivity contribution >= 4 is 60.3 Å². The van der Waals surface area contributed by atoms with Gasteiger partial charge in [0.05, 0.1) is 25.9 Å². The number of rotatable bonds is 16. The topological polar surface area (TPSA) is 128 Å². The van der Waals surface area contributed by atoms with E-state index in [0.717, 1.165) is 86.0 Å². The van der Waals surface area contributed by atoms with Crippen LogP contribution in [-0.4, -0.2) is 111 Å². The summed E-state index contributed by atoms with van der Waals surface area (Å²) in [6.07, 6.45) is 8.27. The van der Waals surface area contributed by atoms with Crippen molar-refractivity contribution in [2.45, 2.75) is 118 Å². The number of likely N-dealkylation sites (tertiary alicyclic amines) is 1. The molecule has 11 nitrogen and oxygen atoms in total. The number of allylic oxidation sites excluding steroid dienone is 1. The Morgan fingerprint density at radius 3 is 2.34 bits per heavy atom. The van der Waals surface area contributed by atoms with Gasteiger partial charge < -0.3 is 10.2 Å². The van der Waals surface area contributed by atoms with Gasteiger partial charge in [-0.05, 0) is 158 Å². The van der Waals surface area contributed by atoms with Crippen LogP contribution in [0.25, 0.3) is 5.57 Å². The average molecular weight is 949 g/mol. The highest BCUT2D eigenvalue weighted by Gasteiger charge is 2.36. The number of hydrogen-bond donors (Lipinski definition) is 2. The van der Waals surface area contributed by atoms with E-state index in [9.17, 15) is 16.8 Å². The van der Waals surface area contributed by atoms with Gasteiger partial charge in [-0.1, -0.05) is 61.4 Å². The number of piperidine rings is 1. The number of nitrogens with zero attached hydrogens (tertiary/aromatic N) is 5. The molecule has 0 unspecified atom stereocenters. The molecule has 1 saturated heterocycles. The first kappa shape index (κ1) is 48.4. The molecule has 0 spiro atoms. The summed E-state index contributed by atoms with van der Waals surface area (Å²) in [5, 5.41) is 4.27. The van der Waals surface area contributed by atoms with E-state index in [0.29, 0.717) is 30.4 Å². The molecule has 3 heterocycles. The number of benzene rings is 3. The highest BCUT2D eigenvalue weighted by molar-refractivity contribution is 7.99. The molecule has 1 aromatic heterocycles. The number of aromatic nitrogens is 2. The minimum atomic E-state index is -4.24. The molecule has 346 valence electrons. The van der Waals surface area contributed by atoms with Crippen LogP contribution in [-0.2, 0) is 32.8 Å². The number of halogens is 1. The summed E-state index contributed by atoms with van der Waals surface area (Å²) >= 11 is 7.95. The fraction of sp³-hybridized carbons (Fsp3) is 0.510. The molecule has 4 aromatic rings. The third kappa shape index (κ3) is 11.9. The predicted molar refractivity (Wildman–Crippen MR) is 264 cm³/mol. The fourth-order valence-corrected chi connectivity index (χ4v) is 12.6. The largest absolute Gasteiger partial charge is 0.380 e. The van der Waals surface area contributed by atoms with Gasteiger partial charge in [-0.25, -0.2) is 26.8 Å². The molecule has 0 amide bonds. The number of thioether (sulfide) groups is 1. The molecule has 0 saturated carbocycles. The molecule has 1 fully saturated rings.